The second-order valence-electron chi connectivity index (χ2n) is 7.50. The Morgan fingerprint density at radius 2 is 1.74 bits per heavy atom. The van der Waals surface area contributed by atoms with E-state index in [0.29, 0.717) is 11.4 Å². The standard InChI is InChI=1S/C21H23N3O3/c1-12(25)17-7-14(11-23-17)8-19(26)18-10-15-6-13(4-5-16(15)24-18)9-20(27)21(2,3)22/h4-7,10-11,23-24H,8-9,22H2,1-3H3. The summed E-state index contributed by atoms with van der Waals surface area (Å²) < 4.78 is 0. The fourth-order valence-corrected chi connectivity index (χ4v) is 2.88. The Balaban J connectivity index is 1.78. The molecule has 3 aromatic rings. The molecule has 4 N–H and O–H groups in total. The second kappa shape index (κ2) is 6.96. The number of nitrogens with one attached hydrogen (secondary N) is 2. The maximum absolute atomic E-state index is 12.6. The predicted octanol–water partition coefficient (Wildman–Crippen LogP) is 2.97. The maximum Gasteiger partial charge on any atom is 0.183 e. The van der Waals surface area contributed by atoms with E-state index in [4.69, 9.17) is 5.73 Å². The third-order valence-corrected chi connectivity index (χ3v) is 4.56. The molecule has 1 aromatic carbocycles. The Morgan fingerprint density at radius 1 is 1.00 bits per heavy atom. The highest BCUT2D eigenvalue weighted by molar-refractivity contribution is 6.01. The minimum atomic E-state index is -0.872. The molecule has 0 fully saturated rings. The number of Topliss-reactive ketones (excluding diaryl/α,β-unsaturated/α-hetero) is 3. The SMILES string of the molecule is CC(=O)c1cc(CC(=O)c2cc3cc(CC(=O)C(C)(C)N)ccc3[nH]2)c[nH]1. The van der Waals surface area contributed by atoms with E-state index < -0.39 is 5.54 Å². The van der Waals surface area contributed by atoms with Gasteiger partial charge in [-0.25, -0.2) is 0 Å². The number of aromatic nitrogens is 2. The molecule has 0 saturated heterocycles. The fourth-order valence-electron chi connectivity index (χ4n) is 2.88. The van der Waals surface area contributed by atoms with Crippen LogP contribution >= 0.6 is 0 Å². The molecule has 27 heavy (non-hydrogen) atoms. The summed E-state index contributed by atoms with van der Waals surface area (Å²) in [6, 6.07) is 9.11. The molecular formula is C21H23N3O3. The van der Waals surface area contributed by atoms with Crippen LogP contribution in [0.25, 0.3) is 10.9 Å². The van der Waals surface area contributed by atoms with Crippen molar-refractivity contribution in [2.45, 2.75) is 39.2 Å². The van der Waals surface area contributed by atoms with Crippen LogP contribution in [0.3, 0.4) is 0 Å². The molecule has 2 heterocycles. The number of carbonyl (C=O) groups excluding carboxylic acids is 3. The van der Waals surface area contributed by atoms with E-state index in [2.05, 4.69) is 9.97 Å². The molecule has 0 radical (unpaired) electrons. The quantitative estimate of drug-likeness (QED) is 0.559. The largest absolute Gasteiger partial charge is 0.359 e. The summed E-state index contributed by atoms with van der Waals surface area (Å²) in [5, 5.41) is 0.872. The monoisotopic (exact) mass is 365 g/mol. The van der Waals surface area contributed by atoms with Crippen molar-refractivity contribution in [2.24, 2.45) is 5.73 Å². The number of hydrogen-bond donors (Lipinski definition) is 3. The zero-order valence-electron chi connectivity index (χ0n) is 15.7. The number of rotatable bonds is 7. The first-order valence-electron chi connectivity index (χ1n) is 8.79. The Labute approximate surface area is 157 Å². The highest BCUT2D eigenvalue weighted by Crippen LogP contribution is 2.20. The molecule has 140 valence electrons. The number of nitrogens with two attached hydrogens (primary N) is 1. The molecular weight excluding hydrogens is 342 g/mol. The van der Waals surface area contributed by atoms with E-state index in [9.17, 15) is 14.4 Å². The average Bonchev–Trinajstić information content (AvgIpc) is 3.20. The number of carbonyl (C=O) groups is 3. The number of aromatic amines is 2. The van der Waals surface area contributed by atoms with E-state index >= 15 is 0 Å². The lowest BCUT2D eigenvalue weighted by Gasteiger charge is -2.16. The van der Waals surface area contributed by atoms with Gasteiger partial charge in [0.25, 0.3) is 0 Å². The first kappa shape index (κ1) is 18.8. The molecule has 0 saturated carbocycles. The molecule has 0 unspecified atom stereocenters. The summed E-state index contributed by atoms with van der Waals surface area (Å²) in [7, 11) is 0. The smallest absolute Gasteiger partial charge is 0.183 e. The third kappa shape index (κ3) is 4.23. The van der Waals surface area contributed by atoms with Crippen molar-refractivity contribution in [3.8, 4) is 0 Å². The number of fused-ring (bicyclic) bond motifs is 1. The van der Waals surface area contributed by atoms with Crippen LogP contribution < -0.4 is 5.73 Å². The molecule has 0 atom stereocenters. The Morgan fingerprint density at radius 3 is 2.37 bits per heavy atom. The number of ketones is 3. The zero-order valence-corrected chi connectivity index (χ0v) is 15.7. The van der Waals surface area contributed by atoms with Crippen molar-refractivity contribution in [3.63, 3.8) is 0 Å². The lowest BCUT2D eigenvalue weighted by Crippen LogP contribution is -2.42. The van der Waals surface area contributed by atoms with Crippen LogP contribution in [0.1, 0.15) is 52.9 Å². The average molecular weight is 365 g/mol. The predicted molar refractivity (Wildman–Crippen MR) is 104 cm³/mol. The molecule has 0 aliphatic carbocycles. The second-order valence-corrected chi connectivity index (χ2v) is 7.50. The van der Waals surface area contributed by atoms with Gasteiger partial charge in [-0.3, -0.25) is 14.4 Å². The Bertz CT molecular complexity index is 1030. The topological polar surface area (TPSA) is 109 Å². The van der Waals surface area contributed by atoms with Crippen LogP contribution in [0.15, 0.2) is 36.5 Å². The molecule has 6 heteroatoms. The van der Waals surface area contributed by atoms with Crippen molar-refractivity contribution in [3.05, 3.63) is 59.0 Å². The molecule has 0 aliphatic heterocycles. The first-order valence-corrected chi connectivity index (χ1v) is 8.79. The highest BCUT2D eigenvalue weighted by atomic mass is 16.1. The fraction of sp³-hybridized carbons (Fsp3) is 0.286. The molecule has 0 aliphatic rings. The van der Waals surface area contributed by atoms with Crippen molar-refractivity contribution >= 4 is 28.3 Å². The van der Waals surface area contributed by atoms with Gasteiger partial charge in [0.1, 0.15) is 0 Å². The molecule has 2 aromatic heterocycles. The Kier molecular flexibility index (Phi) is 4.85. The normalized spacial score (nSPS) is 11.7. The van der Waals surface area contributed by atoms with Gasteiger partial charge in [-0.2, -0.15) is 0 Å². The number of H-pyrrole nitrogens is 2. The third-order valence-electron chi connectivity index (χ3n) is 4.56. The van der Waals surface area contributed by atoms with Gasteiger partial charge in [-0.15, -0.1) is 0 Å². The Hall–Kier alpha value is -2.99. The molecule has 3 rings (SSSR count). The summed E-state index contributed by atoms with van der Waals surface area (Å²) in [5.74, 6) is -0.175. The highest BCUT2D eigenvalue weighted by Gasteiger charge is 2.22. The van der Waals surface area contributed by atoms with Crippen LogP contribution in [-0.4, -0.2) is 32.9 Å². The molecule has 0 bridgehead atoms. The van der Waals surface area contributed by atoms with Gasteiger partial charge in [-0.05, 0) is 49.2 Å². The van der Waals surface area contributed by atoms with Gasteiger partial charge >= 0.3 is 0 Å². The molecule has 6 nitrogen and oxygen atoms in total. The van der Waals surface area contributed by atoms with E-state index in [1.165, 1.54) is 6.92 Å². The van der Waals surface area contributed by atoms with Crippen LogP contribution in [-0.2, 0) is 17.6 Å². The van der Waals surface area contributed by atoms with Gasteiger partial charge in [-0.1, -0.05) is 6.07 Å². The lowest BCUT2D eigenvalue weighted by atomic mass is 9.94. The van der Waals surface area contributed by atoms with Gasteiger partial charge in [0, 0.05) is 36.9 Å². The van der Waals surface area contributed by atoms with Crippen LogP contribution in [0.5, 0.6) is 0 Å². The van der Waals surface area contributed by atoms with Gasteiger partial charge in [0.05, 0.1) is 16.9 Å². The van der Waals surface area contributed by atoms with Crippen LogP contribution in [0.4, 0.5) is 0 Å². The van der Waals surface area contributed by atoms with Gasteiger partial charge in [0.15, 0.2) is 17.3 Å². The van der Waals surface area contributed by atoms with Crippen LogP contribution in [0.2, 0.25) is 0 Å². The minimum Gasteiger partial charge on any atom is -0.359 e. The number of hydrogen-bond acceptors (Lipinski definition) is 4. The summed E-state index contributed by atoms with van der Waals surface area (Å²) >= 11 is 0. The van der Waals surface area contributed by atoms with Crippen LogP contribution in [0, 0.1) is 0 Å². The maximum atomic E-state index is 12.6. The minimum absolute atomic E-state index is 0.0394. The summed E-state index contributed by atoms with van der Waals surface area (Å²) in [5.41, 5.74) is 8.43. The summed E-state index contributed by atoms with van der Waals surface area (Å²) in [6.45, 7) is 4.86. The molecule has 0 amide bonds. The summed E-state index contributed by atoms with van der Waals surface area (Å²) in [6.07, 6.45) is 2.13. The zero-order chi connectivity index (χ0) is 19.8. The van der Waals surface area contributed by atoms with E-state index in [1.54, 1.807) is 32.2 Å². The molecule has 0 spiro atoms. The van der Waals surface area contributed by atoms with Gasteiger partial charge in [0.2, 0.25) is 0 Å². The first-order chi connectivity index (χ1) is 12.6. The van der Waals surface area contributed by atoms with Crippen molar-refractivity contribution < 1.29 is 14.4 Å². The summed E-state index contributed by atoms with van der Waals surface area (Å²) in [4.78, 5) is 42.0. The van der Waals surface area contributed by atoms with Crippen molar-refractivity contribution in [1.29, 1.82) is 0 Å². The number of benzene rings is 1. The van der Waals surface area contributed by atoms with E-state index in [0.717, 1.165) is 22.0 Å². The van der Waals surface area contributed by atoms with E-state index in [1.807, 2.05) is 18.2 Å². The van der Waals surface area contributed by atoms with E-state index in [-0.39, 0.29) is 30.2 Å². The lowest BCUT2D eigenvalue weighted by molar-refractivity contribution is -0.122. The van der Waals surface area contributed by atoms with Gasteiger partial charge < -0.3 is 15.7 Å². The van der Waals surface area contributed by atoms with Crippen molar-refractivity contribution in [1.82, 2.24) is 9.97 Å². The van der Waals surface area contributed by atoms with Crippen molar-refractivity contribution in [2.75, 3.05) is 0 Å².